The van der Waals surface area contributed by atoms with Gasteiger partial charge in [-0.2, -0.15) is 0 Å². The van der Waals surface area contributed by atoms with Gasteiger partial charge in [0, 0.05) is 24.5 Å². The van der Waals surface area contributed by atoms with Crippen LogP contribution in [0.5, 0.6) is 0 Å². The van der Waals surface area contributed by atoms with Gasteiger partial charge < -0.3 is 20.0 Å². The average Bonchev–Trinajstić information content (AvgIpc) is 3.23. The number of amides is 3. The van der Waals surface area contributed by atoms with Gasteiger partial charge in [0.05, 0.1) is 6.26 Å². The lowest BCUT2D eigenvalue weighted by Crippen LogP contribution is -2.32. The molecule has 1 aliphatic heterocycles. The minimum absolute atomic E-state index is 0.0788. The molecule has 3 rings (SSSR count). The third-order valence-electron chi connectivity index (χ3n) is 3.53. The molecule has 1 aromatic carbocycles. The molecule has 22 heavy (non-hydrogen) atoms. The predicted octanol–water partition coefficient (Wildman–Crippen LogP) is 3.16. The molecule has 2 aromatic rings. The molecule has 2 heterocycles. The molecule has 0 spiro atoms. The van der Waals surface area contributed by atoms with E-state index in [1.165, 1.54) is 6.26 Å². The van der Waals surface area contributed by atoms with Crippen LogP contribution >= 0.6 is 0 Å². The molecule has 1 aromatic heterocycles. The number of hydrogen-bond acceptors (Lipinski definition) is 3. The van der Waals surface area contributed by atoms with E-state index < -0.39 is 0 Å². The fourth-order valence-electron chi connectivity index (χ4n) is 2.36. The van der Waals surface area contributed by atoms with Gasteiger partial charge in [-0.15, -0.1) is 0 Å². The normalized spacial score (nSPS) is 13.9. The molecule has 1 saturated heterocycles. The zero-order chi connectivity index (χ0) is 15.4. The third-order valence-corrected chi connectivity index (χ3v) is 3.53. The molecule has 1 fully saturated rings. The van der Waals surface area contributed by atoms with Crippen LogP contribution in [0.2, 0.25) is 0 Å². The maximum atomic E-state index is 12.0. The van der Waals surface area contributed by atoms with Gasteiger partial charge >= 0.3 is 6.03 Å². The second kappa shape index (κ2) is 6.34. The minimum Gasteiger partial charge on any atom is -0.459 e. The van der Waals surface area contributed by atoms with Gasteiger partial charge in [-0.25, -0.2) is 4.79 Å². The van der Waals surface area contributed by atoms with Crippen LogP contribution in [0.15, 0.2) is 47.1 Å². The number of carbonyl (C=O) groups excluding carboxylic acids is 2. The standard InChI is InChI=1S/C16H17N3O3/c20-15(14-4-3-11-22-14)17-12-5-7-13(8-6-12)18-16(21)19-9-1-2-10-19/h3-8,11H,1-2,9-10H2,(H,17,20)(H,18,21). The number of urea groups is 1. The van der Waals surface area contributed by atoms with Crippen molar-refractivity contribution in [3.8, 4) is 0 Å². The van der Waals surface area contributed by atoms with Crippen molar-refractivity contribution < 1.29 is 14.0 Å². The zero-order valence-electron chi connectivity index (χ0n) is 12.0. The number of rotatable bonds is 3. The second-order valence-electron chi connectivity index (χ2n) is 5.13. The summed E-state index contributed by atoms with van der Waals surface area (Å²) in [5.41, 5.74) is 1.34. The Kier molecular flexibility index (Phi) is 4.09. The number of nitrogens with zero attached hydrogens (tertiary/aromatic N) is 1. The monoisotopic (exact) mass is 299 g/mol. The van der Waals surface area contributed by atoms with Gasteiger partial charge in [-0.05, 0) is 49.2 Å². The largest absolute Gasteiger partial charge is 0.459 e. The molecular formula is C16H17N3O3. The summed E-state index contributed by atoms with van der Waals surface area (Å²) in [4.78, 5) is 25.6. The summed E-state index contributed by atoms with van der Waals surface area (Å²) in [6.07, 6.45) is 3.57. The van der Waals surface area contributed by atoms with Crippen LogP contribution in [0.25, 0.3) is 0 Å². The van der Waals surface area contributed by atoms with Crippen molar-refractivity contribution in [2.45, 2.75) is 12.8 Å². The topological polar surface area (TPSA) is 74.6 Å². The van der Waals surface area contributed by atoms with Crippen molar-refractivity contribution in [2.24, 2.45) is 0 Å². The van der Waals surface area contributed by atoms with E-state index in [1.807, 2.05) is 0 Å². The zero-order valence-corrected chi connectivity index (χ0v) is 12.0. The van der Waals surface area contributed by atoms with E-state index in [1.54, 1.807) is 41.3 Å². The van der Waals surface area contributed by atoms with E-state index in [9.17, 15) is 9.59 Å². The van der Waals surface area contributed by atoms with Crippen LogP contribution in [-0.2, 0) is 0 Å². The quantitative estimate of drug-likeness (QED) is 0.914. The lowest BCUT2D eigenvalue weighted by atomic mass is 10.2. The summed E-state index contributed by atoms with van der Waals surface area (Å²) >= 11 is 0. The summed E-state index contributed by atoms with van der Waals surface area (Å²) < 4.78 is 5.03. The van der Waals surface area contributed by atoms with Gasteiger partial charge in [0.25, 0.3) is 5.91 Å². The molecule has 0 unspecified atom stereocenters. The summed E-state index contributed by atoms with van der Waals surface area (Å²) in [7, 11) is 0. The Morgan fingerprint density at radius 2 is 1.59 bits per heavy atom. The number of nitrogens with one attached hydrogen (secondary N) is 2. The Morgan fingerprint density at radius 3 is 2.18 bits per heavy atom. The third kappa shape index (κ3) is 3.28. The fraction of sp³-hybridized carbons (Fsp3) is 0.250. The summed E-state index contributed by atoms with van der Waals surface area (Å²) in [5, 5.41) is 5.57. The molecule has 6 heteroatoms. The van der Waals surface area contributed by atoms with Gasteiger partial charge in [-0.1, -0.05) is 0 Å². The average molecular weight is 299 g/mol. The predicted molar refractivity (Wildman–Crippen MR) is 82.9 cm³/mol. The molecule has 0 saturated carbocycles. The molecule has 1 aliphatic rings. The Morgan fingerprint density at radius 1 is 0.955 bits per heavy atom. The smallest absolute Gasteiger partial charge is 0.321 e. The van der Waals surface area contributed by atoms with Crippen molar-refractivity contribution in [1.29, 1.82) is 0 Å². The summed E-state index contributed by atoms with van der Waals surface area (Å²) in [6, 6.07) is 10.2. The maximum absolute atomic E-state index is 12.0. The van der Waals surface area contributed by atoms with Crippen LogP contribution in [0.3, 0.4) is 0 Å². The Bertz CT molecular complexity index is 644. The van der Waals surface area contributed by atoms with Gasteiger partial charge in [0.15, 0.2) is 5.76 Å². The lowest BCUT2D eigenvalue weighted by Gasteiger charge is -2.16. The van der Waals surface area contributed by atoms with E-state index in [4.69, 9.17) is 4.42 Å². The molecule has 0 bridgehead atoms. The summed E-state index contributed by atoms with van der Waals surface area (Å²) in [5.74, 6) is -0.0507. The highest BCUT2D eigenvalue weighted by Gasteiger charge is 2.17. The highest BCUT2D eigenvalue weighted by atomic mass is 16.3. The van der Waals surface area contributed by atoms with Crippen LogP contribution in [0, 0.1) is 0 Å². The van der Waals surface area contributed by atoms with Crippen LogP contribution in [0.4, 0.5) is 16.2 Å². The Balaban J connectivity index is 1.58. The molecule has 0 radical (unpaired) electrons. The van der Waals surface area contributed by atoms with Crippen molar-refractivity contribution in [1.82, 2.24) is 4.90 Å². The Hall–Kier alpha value is -2.76. The molecule has 2 N–H and O–H groups in total. The molecule has 3 amide bonds. The van der Waals surface area contributed by atoms with Crippen LogP contribution in [0.1, 0.15) is 23.4 Å². The van der Waals surface area contributed by atoms with Gasteiger partial charge in [0.1, 0.15) is 0 Å². The number of carbonyl (C=O) groups is 2. The summed E-state index contributed by atoms with van der Waals surface area (Å²) in [6.45, 7) is 1.62. The lowest BCUT2D eigenvalue weighted by molar-refractivity contribution is 0.0996. The molecule has 0 aliphatic carbocycles. The van der Waals surface area contributed by atoms with Gasteiger partial charge in [0.2, 0.25) is 0 Å². The Labute approximate surface area is 128 Å². The number of furan rings is 1. The first-order chi connectivity index (χ1) is 10.7. The maximum Gasteiger partial charge on any atom is 0.321 e. The van der Waals surface area contributed by atoms with E-state index in [-0.39, 0.29) is 17.7 Å². The highest BCUT2D eigenvalue weighted by molar-refractivity contribution is 6.02. The number of benzene rings is 1. The van der Waals surface area contributed by atoms with E-state index in [2.05, 4.69) is 10.6 Å². The van der Waals surface area contributed by atoms with Crippen molar-refractivity contribution >= 4 is 23.3 Å². The first-order valence-corrected chi connectivity index (χ1v) is 7.23. The number of likely N-dealkylation sites (tertiary alicyclic amines) is 1. The minimum atomic E-state index is -0.307. The molecular weight excluding hydrogens is 282 g/mol. The number of hydrogen-bond donors (Lipinski definition) is 2. The van der Waals surface area contributed by atoms with Crippen molar-refractivity contribution in [3.63, 3.8) is 0 Å². The van der Waals surface area contributed by atoms with E-state index in [0.29, 0.717) is 11.4 Å². The van der Waals surface area contributed by atoms with Crippen LogP contribution < -0.4 is 10.6 Å². The molecule has 6 nitrogen and oxygen atoms in total. The van der Waals surface area contributed by atoms with Crippen molar-refractivity contribution in [3.05, 3.63) is 48.4 Å². The van der Waals surface area contributed by atoms with E-state index in [0.717, 1.165) is 25.9 Å². The molecule has 0 atom stereocenters. The second-order valence-corrected chi connectivity index (χ2v) is 5.13. The highest BCUT2D eigenvalue weighted by Crippen LogP contribution is 2.16. The first-order valence-electron chi connectivity index (χ1n) is 7.23. The van der Waals surface area contributed by atoms with E-state index >= 15 is 0 Å². The van der Waals surface area contributed by atoms with Crippen LogP contribution in [-0.4, -0.2) is 29.9 Å². The number of anilines is 2. The van der Waals surface area contributed by atoms with Crippen molar-refractivity contribution in [2.75, 3.05) is 23.7 Å². The first kappa shape index (κ1) is 14.2. The fourth-order valence-corrected chi connectivity index (χ4v) is 2.36. The molecule has 114 valence electrons. The van der Waals surface area contributed by atoms with Gasteiger partial charge in [-0.3, -0.25) is 4.79 Å². The SMILES string of the molecule is O=C(Nc1ccc(NC(=O)N2CCCC2)cc1)c1ccco1.